The number of fused-ring (bicyclic) bond motifs is 2. The molecule has 0 spiro atoms. The molecule has 2 aliphatic rings. The largest absolute Gasteiger partial charge is 0.341 e. The fourth-order valence-corrected chi connectivity index (χ4v) is 6.35. The average molecular weight is 532 g/mol. The Labute approximate surface area is 211 Å². The zero-order chi connectivity index (χ0) is 26.7. The molecule has 1 unspecified atom stereocenters. The van der Waals surface area contributed by atoms with Crippen molar-refractivity contribution in [2.75, 3.05) is 16.3 Å². The number of sulfonamides is 2. The van der Waals surface area contributed by atoms with Crippen molar-refractivity contribution in [1.29, 1.82) is 0 Å². The van der Waals surface area contributed by atoms with Crippen molar-refractivity contribution < 1.29 is 26.4 Å². The Balaban J connectivity index is 1.79. The van der Waals surface area contributed by atoms with E-state index in [4.69, 9.17) is 0 Å². The molecule has 2 aromatic rings. The van der Waals surface area contributed by atoms with Crippen LogP contribution in [-0.4, -0.2) is 40.5 Å². The van der Waals surface area contributed by atoms with E-state index in [0.29, 0.717) is 24.0 Å². The smallest absolute Gasteiger partial charge is 0.286 e. The zero-order valence-corrected chi connectivity index (χ0v) is 22.4. The molecule has 0 radical (unpaired) electrons. The van der Waals surface area contributed by atoms with Crippen LogP contribution < -0.4 is 10.0 Å². The summed E-state index contributed by atoms with van der Waals surface area (Å²) in [5, 5.41) is 2.87. The van der Waals surface area contributed by atoms with Gasteiger partial charge in [0, 0.05) is 11.3 Å². The molecule has 4 rings (SSSR count). The van der Waals surface area contributed by atoms with Crippen LogP contribution in [0.1, 0.15) is 56.5 Å². The summed E-state index contributed by atoms with van der Waals surface area (Å²) in [5.74, 6) is -2.58. The molecule has 11 heteroatoms. The first-order valence-electron chi connectivity index (χ1n) is 11.4. The van der Waals surface area contributed by atoms with Crippen LogP contribution in [0, 0.1) is 11.3 Å². The molecule has 0 fully saturated rings. The summed E-state index contributed by atoms with van der Waals surface area (Å²) in [6.07, 6.45) is 2.14. The van der Waals surface area contributed by atoms with Gasteiger partial charge in [-0.15, -0.1) is 4.40 Å². The van der Waals surface area contributed by atoms with Crippen LogP contribution in [-0.2, 0) is 30.3 Å². The van der Waals surface area contributed by atoms with Crippen LogP contribution in [0.2, 0.25) is 0 Å². The Morgan fingerprint density at radius 3 is 2.42 bits per heavy atom. The number of hydrogen-bond donors (Lipinski definition) is 2. The fourth-order valence-electron chi connectivity index (χ4n) is 4.62. The van der Waals surface area contributed by atoms with Gasteiger partial charge in [0.15, 0.2) is 11.6 Å². The number of amidine groups is 1. The monoisotopic (exact) mass is 531 g/mol. The van der Waals surface area contributed by atoms with E-state index in [1.54, 1.807) is 31.2 Å². The lowest BCUT2D eigenvalue weighted by Crippen LogP contribution is -2.51. The van der Waals surface area contributed by atoms with Crippen LogP contribution in [0.5, 0.6) is 0 Å². The lowest BCUT2D eigenvalue weighted by Gasteiger charge is -2.39. The van der Waals surface area contributed by atoms with Crippen molar-refractivity contribution in [3.05, 3.63) is 53.6 Å². The highest BCUT2D eigenvalue weighted by Gasteiger charge is 2.51. The van der Waals surface area contributed by atoms with Crippen molar-refractivity contribution in [3.63, 3.8) is 0 Å². The highest BCUT2D eigenvalue weighted by Crippen LogP contribution is 2.44. The van der Waals surface area contributed by atoms with Gasteiger partial charge in [0.2, 0.25) is 10.0 Å². The maximum atomic E-state index is 14.0. The number of nitrogens with one attached hydrogen (secondary N) is 2. The molecule has 2 aromatic carbocycles. The molecule has 0 amide bonds. The SMILES string of the molecule is CC(C)(C)CC[C@@]1(C)C(=O)C(C2=NS(=O)(=O)c3cc(NS(C)(=O)=O)ccc3N2)C(=O)c2ccccc21. The van der Waals surface area contributed by atoms with Gasteiger partial charge in [-0.1, -0.05) is 45.0 Å². The third kappa shape index (κ3) is 4.81. The molecule has 2 atom stereocenters. The quantitative estimate of drug-likeness (QED) is 0.560. The average Bonchev–Trinajstić information content (AvgIpc) is 2.75. The molecule has 0 bridgehead atoms. The van der Waals surface area contributed by atoms with Gasteiger partial charge in [0.05, 0.1) is 17.4 Å². The van der Waals surface area contributed by atoms with Crippen LogP contribution in [0.25, 0.3) is 0 Å². The molecular weight excluding hydrogens is 502 g/mol. The lowest BCUT2D eigenvalue weighted by molar-refractivity contribution is -0.125. The van der Waals surface area contributed by atoms with E-state index in [1.165, 1.54) is 12.1 Å². The molecule has 0 saturated heterocycles. The van der Waals surface area contributed by atoms with Gasteiger partial charge < -0.3 is 5.32 Å². The van der Waals surface area contributed by atoms with Crippen molar-refractivity contribution in [1.82, 2.24) is 0 Å². The third-order valence-corrected chi connectivity index (χ3v) is 8.48. The Kier molecular flexibility index (Phi) is 6.16. The second-order valence-corrected chi connectivity index (χ2v) is 14.1. The highest BCUT2D eigenvalue weighted by atomic mass is 32.2. The first-order valence-corrected chi connectivity index (χ1v) is 14.8. The van der Waals surface area contributed by atoms with Crippen LogP contribution >= 0.6 is 0 Å². The maximum Gasteiger partial charge on any atom is 0.286 e. The summed E-state index contributed by atoms with van der Waals surface area (Å²) in [6.45, 7) is 8.01. The van der Waals surface area contributed by atoms with E-state index in [1.807, 2.05) is 0 Å². The fraction of sp³-hybridized carbons (Fsp3) is 0.400. The number of nitrogens with zero attached hydrogens (tertiary/aromatic N) is 1. The van der Waals surface area contributed by atoms with E-state index in [-0.39, 0.29) is 27.5 Å². The van der Waals surface area contributed by atoms with Crippen molar-refractivity contribution >= 4 is 48.8 Å². The lowest BCUT2D eigenvalue weighted by atomic mass is 9.62. The van der Waals surface area contributed by atoms with Crippen molar-refractivity contribution in [2.45, 2.75) is 50.8 Å². The summed E-state index contributed by atoms with van der Waals surface area (Å²) < 4.78 is 55.4. The number of anilines is 2. The van der Waals surface area contributed by atoms with Crippen molar-refractivity contribution in [3.8, 4) is 0 Å². The molecule has 1 heterocycles. The number of hydrogen-bond acceptors (Lipinski definition) is 7. The first kappa shape index (κ1) is 26.0. The van der Waals surface area contributed by atoms with E-state index in [2.05, 4.69) is 35.2 Å². The van der Waals surface area contributed by atoms with E-state index < -0.39 is 42.9 Å². The third-order valence-electron chi connectivity index (χ3n) is 6.55. The summed E-state index contributed by atoms with van der Waals surface area (Å²) in [5.41, 5.74) is 0.0923. The minimum atomic E-state index is -4.33. The topological polar surface area (TPSA) is 139 Å². The predicted molar refractivity (Wildman–Crippen MR) is 138 cm³/mol. The van der Waals surface area contributed by atoms with Gasteiger partial charge in [-0.25, -0.2) is 8.42 Å². The van der Waals surface area contributed by atoms with E-state index in [9.17, 15) is 26.4 Å². The number of carbonyl (C=O) groups excluding carboxylic acids is 2. The minimum absolute atomic E-state index is 0.0498. The van der Waals surface area contributed by atoms with Gasteiger partial charge in [0.1, 0.15) is 16.6 Å². The first-order chi connectivity index (χ1) is 16.5. The maximum absolute atomic E-state index is 14.0. The van der Waals surface area contributed by atoms with Crippen LogP contribution in [0.4, 0.5) is 11.4 Å². The summed E-state index contributed by atoms with van der Waals surface area (Å²) >= 11 is 0. The van der Waals surface area contributed by atoms with Gasteiger partial charge in [-0.2, -0.15) is 8.42 Å². The normalized spacial score (nSPS) is 23.2. The molecule has 2 N–H and O–H groups in total. The molecule has 0 saturated carbocycles. The Bertz CT molecular complexity index is 1520. The molecule has 1 aliphatic heterocycles. The summed E-state index contributed by atoms with van der Waals surface area (Å²) in [6, 6.07) is 10.8. The van der Waals surface area contributed by atoms with Gasteiger partial charge in [-0.05, 0) is 48.9 Å². The van der Waals surface area contributed by atoms with E-state index in [0.717, 1.165) is 12.3 Å². The molecule has 9 nitrogen and oxygen atoms in total. The Morgan fingerprint density at radius 2 is 1.78 bits per heavy atom. The molecule has 0 aromatic heterocycles. The zero-order valence-electron chi connectivity index (χ0n) is 20.7. The second kappa shape index (κ2) is 8.52. The number of benzene rings is 2. The minimum Gasteiger partial charge on any atom is -0.341 e. The Hall–Kier alpha value is -3.05. The second-order valence-electron chi connectivity index (χ2n) is 10.8. The molecule has 1 aliphatic carbocycles. The van der Waals surface area contributed by atoms with Gasteiger partial charge in [0.25, 0.3) is 10.0 Å². The summed E-state index contributed by atoms with van der Waals surface area (Å²) in [4.78, 5) is 27.2. The van der Waals surface area contributed by atoms with Crippen LogP contribution in [0.15, 0.2) is 51.8 Å². The van der Waals surface area contributed by atoms with Gasteiger partial charge >= 0.3 is 0 Å². The van der Waals surface area contributed by atoms with E-state index >= 15 is 0 Å². The summed E-state index contributed by atoms with van der Waals surface area (Å²) in [7, 11) is -7.96. The highest BCUT2D eigenvalue weighted by molar-refractivity contribution is 7.92. The number of carbonyl (C=O) groups is 2. The Morgan fingerprint density at radius 1 is 1.11 bits per heavy atom. The van der Waals surface area contributed by atoms with Crippen LogP contribution in [0.3, 0.4) is 0 Å². The van der Waals surface area contributed by atoms with Crippen molar-refractivity contribution in [2.24, 2.45) is 15.7 Å². The number of ketones is 2. The number of Topliss-reactive ketones (excluding diaryl/α,β-unsaturated/α-hetero) is 2. The molecule has 192 valence electrons. The standard InChI is InChI=1S/C25H29N3O6S2/c1-24(2,3)12-13-25(4)17-9-7-6-8-16(17)21(29)20(22(25)30)23-26-18-11-10-15(27-35(5,31)32)14-19(18)36(33,34)28-23/h6-11,14,20,27H,12-13H2,1-5H3,(H,26,28)/t20?,25-/m1/s1. The molecular formula is C25H29N3O6S2. The predicted octanol–water partition coefficient (Wildman–Crippen LogP) is 3.74. The van der Waals surface area contributed by atoms with Gasteiger partial charge in [-0.3, -0.25) is 14.3 Å². The molecule has 36 heavy (non-hydrogen) atoms. The number of rotatable bonds is 5.